The fourth-order valence-electron chi connectivity index (χ4n) is 2.60. The third-order valence-electron chi connectivity index (χ3n) is 3.69. The van der Waals surface area contributed by atoms with Gasteiger partial charge in [0.2, 0.25) is 10.0 Å². The van der Waals surface area contributed by atoms with Crippen LogP contribution >= 0.6 is 0 Å². The number of aryl methyl sites for hydroxylation is 1. The van der Waals surface area contributed by atoms with E-state index in [4.69, 9.17) is 0 Å². The Bertz CT molecular complexity index is 772. The Balaban J connectivity index is 1.71. The zero-order chi connectivity index (χ0) is 15.6. The second-order valence-corrected chi connectivity index (χ2v) is 7.43. The van der Waals surface area contributed by atoms with Crippen molar-refractivity contribution in [1.29, 1.82) is 0 Å². The standard InChI is InChI=1S/C14H19N5O2S/c1-11-17-13-12(5-4-6-15-13)14(18-11)16-7-10-22(20,21)19-8-2-3-9-19/h4-6H,2-3,7-10H2,1H3,(H,15,16,17,18). The lowest BCUT2D eigenvalue weighted by atomic mass is 10.3. The number of anilines is 1. The molecular weight excluding hydrogens is 302 g/mol. The maximum absolute atomic E-state index is 12.2. The van der Waals surface area contributed by atoms with Crippen LogP contribution in [0.2, 0.25) is 0 Å². The van der Waals surface area contributed by atoms with Crippen molar-refractivity contribution in [2.45, 2.75) is 19.8 Å². The molecule has 0 saturated carbocycles. The van der Waals surface area contributed by atoms with Gasteiger partial charge >= 0.3 is 0 Å². The molecule has 0 amide bonds. The van der Waals surface area contributed by atoms with Crippen molar-refractivity contribution in [2.75, 3.05) is 30.7 Å². The summed E-state index contributed by atoms with van der Waals surface area (Å²) in [5, 5.41) is 3.91. The minimum absolute atomic E-state index is 0.0673. The number of hydrogen-bond acceptors (Lipinski definition) is 6. The summed E-state index contributed by atoms with van der Waals surface area (Å²) in [5.74, 6) is 1.31. The zero-order valence-electron chi connectivity index (χ0n) is 12.5. The monoisotopic (exact) mass is 321 g/mol. The molecule has 0 spiro atoms. The van der Waals surface area contributed by atoms with Gasteiger partial charge in [-0.1, -0.05) is 0 Å². The van der Waals surface area contributed by atoms with Gasteiger partial charge in [0, 0.05) is 25.8 Å². The number of aromatic nitrogens is 3. The van der Waals surface area contributed by atoms with Gasteiger partial charge in [-0.05, 0) is 31.9 Å². The predicted molar refractivity (Wildman–Crippen MR) is 85.2 cm³/mol. The van der Waals surface area contributed by atoms with E-state index in [1.165, 1.54) is 0 Å². The number of nitrogens with one attached hydrogen (secondary N) is 1. The van der Waals surface area contributed by atoms with Crippen LogP contribution in [0.4, 0.5) is 5.82 Å². The molecule has 0 atom stereocenters. The Kier molecular flexibility index (Phi) is 4.21. The van der Waals surface area contributed by atoms with Gasteiger partial charge < -0.3 is 5.32 Å². The molecule has 1 N–H and O–H groups in total. The minimum atomic E-state index is -3.18. The van der Waals surface area contributed by atoms with Gasteiger partial charge in [-0.15, -0.1) is 0 Å². The Labute approximate surface area is 129 Å². The average molecular weight is 321 g/mol. The summed E-state index contributed by atoms with van der Waals surface area (Å²) in [6.07, 6.45) is 3.58. The fraction of sp³-hybridized carbons (Fsp3) is 0.500. The van der Waals surface area contributed by atoms with Gasteiger partial charge in [0.15, 0.2) is 5.65 Å². The molecule has 7 nitrogen and oxygen atoms in total. The van der Waals surface area contributed by atoms with Crippen LogP contribution in [0.5, 0.6) is 0 Å². The first-order valence-corrected chi connectivity index (χ1v) is 8.98. The van der Waals surface area contributed by atoms with Crippen LogP contribution < -0.4 is 5.32 Å². The van der Waals surface area contributed by atoms with Crippen molar-refractivity contribution < 1.29 is 8.42 Å². The molecule has 3 rings (SSSR count). The van der Waals surface area contributed by atoms with Crippen molar-refractivity contribution in [3.8, 4) is 0 Å². The maximum atomic E-state index is 12.2. The Morgan fingerprint density at radius 1 is 1.27 bits per heavy atom. The largest absolute Gasteiger partial charge is 0.368 e. The van der Waals surface area contributed by atoms with E-state index in [-0.39, 0.29) is 5.75 Å². The smallest absolute Gasteiger partial charge is 0.215 e. The van der Waals surface area contributed by atoms with Crippen molar-refractivity contribution in [1.82, 2.24) is 19.3 Å². The molecule has 8 heteroatoms. The van der Waals surface area contributed by atoms with Crippen molar-refractivity contribution in [3.63, 3.8) is 0 Å². The number of sulfonamides is 1. The van der Waals surface area contributed by atoms with E-state index < -0.39 is 10.0 Å². The van der Waals surface area contributed by atoms with Crippen LogP contribution in [0, 0.1) is 6.92 Å². The van der Waals surface area contributed by atoms with Gasteiger partial charge in [0.05, 0.1) is 11.1 Å². The van der Waals surface area contributed by atoms with Gasteiger partial charge in [-0.3, -0.25) is 0 Å². The molecule has 3 heterocycles. The molecule has 22 heavy (non-hydrogen) atoms. The molecule has 118 valence electrons. The summed E-state index contributed by atoms with van der Waals surface area (Å²) in [6, 6.07) is 3.69. The normalized spacial score (nSPS) is 16.2. The lowest BCUT2D eigenvalue weighted by molar-refractivity contribution is 0.478. The molecule has 1 fully saturated rings. The van der Waals surface area contributed by atoms with Crippen LogP contribution in [0.15, 0.2) is 18.3 Å². The molecule has 1 saturated heterocycles. The fourth-order valence-corrected chi connectivity index (χ4v) is 4.03. The third kappa shape index (κ3) is 3.17. The van der Waals surface area contributed by atoms with E-state index >= 15 is 0 Å². The second kappa shape index (κ2) is 6.13. The first-order valence-electron chi connectivity index (χ1n) is 7.37. The summed E-state index contributed by atoms with van der Waals surface area (Å²) in [5.41, 5.74) is 0.611. The molecule has 1 aliphatic heterocycles. The summed E-state index contributed by atoms with van der Waals surface area (Å²) >= 11 is 0. The van der Waals surface area contributed by atoms with E-state index in [1.54, 1.807) is 17.4 Å². The van der Waals surface area contributed by atoms with E-state index in [1.807, 2.05) is 12.1 Å². The highest BCUT2D eigenvalue weighted by Gasteiger charge is 2.24. The quantitative estimate of drug-likeness (QED) is 0.889. The predicted octanol–water partition coefficient (Wildman–Crippen LogP) is 1.17. The van der Waals surface area contributed by atoms with Crippen LogP contribution in [0.3, 0.4) is 0 Å². The average Bonchev–Trinajstić information content (AvgIpc) is 3.02. The highest BCUT2D eigenvalue weighted by Crippen LogP contribution is 2.18. The number of hydrogen-bond donors (Lipinski definition) is 1. The van der Waals surface area contributed by atoms with Crippen molar-refractivity contribution >= 4 is 26.9 Å². The van der Waals surface area contributed by atoms with Crippen LogP contribution in [0.25, 0.3) is 11.0 Å². The zero-order valence-corrected chi connectivity index (χ0v) is 13.3. The van der Waals surface area contributed by atoms with Crippen LogP contribution in [-0.2, 0) is 10.0 Å². The highest BCUT2D eigenvalue weighted by molar-refractivity contribution is 7.89. The number of pyridine rings is 1. The maximum Gasteiger partial charge on any atom is 0.215 e. The summed E-state index contributed by atoms with van der Waals surface area (Å²) in [7, 11) is -3.18. The molecule has 0 radical (unpaired) electrons. The topological polar surface area (TPSA) is 88.1 Å². The molecule has 1 aliphatic rings. The molecule has 2 aromatic heterocycles. The van der Waals surface area contributed by atoms with Crippen LogP contribution in [-0.4, -0.2) is 53.1 Å². The SMILES string of the molecule is Cc1nc(NCCS(=O)(=O)N2CCCC2)c2cccnc2n1. The van der Waals surface area contributed by atoms with Gasteiger partial charge in [-0.25, -0.2) is 27.7 Å². The Hall–Kier alpha value is -1.80. The van der Waals surface area contributed by atoms with E-state index in [9.17, 15) is 8.42 Å². The molecular formula is C14H19N5O2S. The van der Waals surface area contributed by atoms with Crippen molar-refractivity contribution in [2.24, 2.45) is 0 Å². The van der Waals surface area contributed by atoms with Gasteiger partial charge in [-0.2, -0.15) is 0 Å². The van der Waals surface area contributed by atoms with E-state index in [2.05, 4.69) is 20.3 Å². The van der Waals surface area contributed by atoms with Gasteiger partial charge in [0.25, 0.3) is 0 Å². The van der Waals surface area contributed by atoms with Crippen LogP contribution in [0.1, 0.15) is 18.7 Å². The molecule has 0 bridgehead atoms. The number of rotatable bonds is 5. The molecule has 0 unspecified atom stereocenters. The number of fused-ring (bicyclic) bond motifs is 1. The van der Waals surface area contributed by atoms with Crippen molar-refractivity contribution in [3.05, 3.63) is 24.2 Å². The summed E-state index contributed by atoms with van der Waals surface area (Å²) < 4.78 is 26.0. The number of nitrogens with zero attached hydrogens (tertiary/aromatic N) is 4. The van der Waals surface area contributed by atoms with E-state index in [0.29, 0.717) is 36.9 Å². The lowest BCUT2D eigenvalue weighted by Crippen LogP contribution is -2.32. The molecule has 0 aliphatic carbocycles. The summed E-state index contributed by atoms with van der Waals surface area (Å²) in [4.78, 5) is 12.8. The second-order valence-electron chi connectivity index (χ2n) is 5.34. The third-order valence-corrected chi connectivity index (χ3v) is 5.57. The van der Waals surface area contributed by atoms with E-state index in [0.717, 1.165) is 18.2 Å². The summed E-state index contributed by atoms with van der Waals surface area (Å²) in [6.45, 7) is 3.39. The first kappa shape index (κ1) is 15.1. The molecule has 2 aromatic rings. The minimum Gasteiger partial charge on any atom is -0.368 e. The molecule has 0 aromatic carbocycles. The Morgan fingerprint density at radius 2 is 2.05 bits per heavy atom. The van der Waals surface area contributed by atoms with Gasteiger partial charge in [0.1, 0.15) is 11.6 Å². The first-order chi connectivity index (χ1) is 10.6. The highest BCUT2D eigenvalue weighted by atomic mass is 32.2. The Morgan fingerprint density at radius 3 is 2.82 bits per heavy atom. The lowest BCUT2D eigenvalue weighted by Gasteiger charge is -2.16.